The van der Waals surface area contributed by atoms with Gasteiger partial charge in [0, 0.05) is 0 Å². The minimum absolute atomic E-state index is 0.0408. The van der Waals surface area contributed by atoms with E-state index in [1.807, 2.05) is 0 Å². The molecular weight excluding hydrogens is 313 g/mol. The van der Waals surface area contributed by atoms with Crippen LogP contribution < -0.4 is 10.5 Å². The quantitative estimate of drug-likeness (QED) is 0.745. The molecule has 0 unspecified atom stereocenters. The van der Waals surface area contributed by atoms with Crippen LogP contribution in [0.5, 0.6) is 6.01 Å². The van der Waals surface area contributed by atoms with E-state index in [9.17, 15) is 9.18 Å². The fourth-order valence-electron chi connectivity index (χ4n) is 1.93. The summed E-state index contributed by atoms with van der Waals surface area (Å²) >= 11 is 5.97. The summed E-state index contributed by atoms with van der Waals surface area (Å²) in [5.41, 5.74) is 6.51. The second-order valence-corrected chi connectivity index (χ2v) is 4.75. The van der Waals surface area contributed by atoms with Gasteiger partial charge in [-0.2, -0.15) is 9.97 Å². The van der Waals surface area contributed by atoms with Crippen LogP contribution in [-0.2, 0) is 6.54 Å². The van der Waals surface area contributed by atoms with Crippen molar-refractivity contribution in [3.63, 3.8) is 0 Å². The van der Waals surface area contributed by atoms with Crippen LogP contribution in [0.25, 0.3) is 11.2 Å². The number of carbonyl (C=O) groups is 1. The van der Waals surface area contributed by atoms with Crippen LogP contribution in [0, 0.1) is 5.82 Å². The fourth-order valence-corrected chi connectivity index (χ4v) is 2.13. The van der Waals surface area contributed by atoms with E-state index in [0.717, 1.165) is 5.56 Å². The molecule has 0 bridgehead atoms. The number of amides is 1. The van der Waals surface area contributed by atoms with Crippen molar-refractivity contribution in [1.82, 2.24) is 19.5 Å². The highest BCUT2D eigenvalue weighted by atomic mass is 35.5. The van der Waals surface area contributed by atoms with Gasteiger partial charge in [0.2, 0.25) is 0 Å². The number of halogens is 2. The van der Waals surface area contributed by atoms with E-state index in [4.69, 9.17) is 17.3 Å². The van der Waals surface area contributed by atoms with Crippen LogP contribution in [-0.4, -0.2) is 25.6 Å². The van der Waals surface area contributed by atoms with Crippen molar-refractivity contribution in [2.45, 2.75) is 6.54 Å². The predicted octanol–water partition coefficient (Wildman–Crippen LogP) is 2.12. The van der Waals surface area contributed by atoms with Gasteiger partial charge in [0.05, 0.1) is 12.9 Å². The Morgan fingerprint density at radius 3 is 2.73 bits per heavy atom. The molecule has 0 aliphatic rings. The molecule has 2 heterocycles. The first kappa shape index (κ1) is 14.2. The SMILES string of the molecule is NC(=O)Oc1nc(Cl)c2ncn(Cc3ccc(F)cc3)c2n1. The lowest BCUT2D eigenvalue weighted by Crippen LogP contribution is -2.18. The van der Waals surface area contributed by atoms with Crippen molar-refractivity contribution in [2.75, 3.05) is 0 Å². The Morgan fingerprint density at radius 2 is 2.05 bits per heavy atom. The van der Waals surface area contributed by atoms with Crippen LogP contribution in [0.4, 0.5) is 9.18 Å². The van der Waals surface area contributed by atoms with Gasteiger partial charge in [-0.05, 0) is 17.7 Å². The second kappa shape index (κ2) is 5.57. The van der Waals surface area contributed by atoms with Crippen LogP contribution in [0.2, 0.25) is 5.15 Å². The lowest BCUT2D eigenvalue weighted by atomic mass is 10.2. The molecule has 2 aromatic heterocycles. The standard InChI is InChI=1S/C13H9ClFN5O2/c14-10-9-11(19-13(18-10)22-12(16)21)20(6-17-9)5-7-1-3-8(15)4-2-7/h1-4,6H,5H2,(H2,16,21). The van der Waals surface area contributed by atoms with Gasteiger partial charge in [-0.1, -0.05) is 23.7 Å². The van der Waals surface area contributed by atoms with E-state index in [1.54, 1.807) is 16.7 Å². The van der Waals surface area contributed by atoms with Gasteiger partial charge in [0.25, 0.3) is 0 Å². The molecule has 0 fully saturated rings. The molecule has 0 spiro atoms. The van der Waals surface area contributed by atoms with Gasteiger partial charge in [-0.25, -0.2) is 14.2 Å². The maximum atomic E-state index is 12.9. The van der Waals surface area contributed by atoms with Crippen molar-refractivity contribution in [2.24, 2.45) is 5.73 Å². The number of benzene rings is 1. The molecular formula is C13H9ClFN5O2. The third-order valence-electron chi connectivity index (χ3n) is 2.86. The molecule has 22 heavy (non-hydrogen) atoms. The zero-order valence-electron chi connectivity index (χ0n) is 11.0. The summed E-state index contributed by atoms with van der Waals surface area (Å²) in [6.45, 7) is 0.389. The van der Waals surface area contributed by atoms with Crippen molar-refractivity contribution in [3.05, 3.63) is 47.1 Å². The molecule has 0 saturated heterocycles. The Labute approximate surface area is 128 Å². The van der Waals surface area contributed by atoms with Crippen molar-refractivity contribution >= 4 is 28.9 Å². The second-order valence-electron chi connectivity index (χ2n) is 4.39. The Balaban J connectivity index is 2.00. The molecule has 112 valence electrons. The van der Waals surface area contributed by atoms with Gasteiger partial charge in [-0.3, -0.25) is 0 Å². The number of nitrogens with zero attached hydrogens (tertiary/aromatic N) is 4. The molecule has 0 atom stereocenters. The Morgan fingerprint density at radius 1 is 1.32 bits per heavy atom. The van der Waals surface area contributed by atoms with Gasteiger partial charge >= 0.3 is 12.1 Å². The number of carbonyl (C=O) groups excluding carboxylic acids is 1. The van der Waals surface area contributed by atoms with Gasteiger partial charge in [0.15, 0.2) is 10.8 Å². The van der Waals surface area contributed by atoms with E-state index >= 15 is 0 Å². The van der Waals surface area contributed by atoms with E-state index < -0.39 is 6.09 Å². The molecule has 0 saturated carbocycles. The van der Waals surface area contributed by atoms with Crippen molar-refractivity contribution < 1.29 is 13.9 Å². The monoisotopic (exact) mass is 321 g/mol. The van der Waals surface area contributed by atoms with E-state index in [2.05, 4.69) is 19.7 Å². The maximum Gasteiger partial charge on any atom is 0.412 e. The Hall–Kier alpha value is -2.74. The number of primary amides is 1. The van der Waals surface area contributed by atoms with Crippen molar-refractivity contribution in [1.29, 1.82) is 0 Å². The number of aromatic nitrogens is 4. The van der Waals surface area contributed by atoms with E-state index in [0.29, 0.717) is 17.7 Å². The largest absolute Gasteiger partial charge is 0.412 e. The number of imidazole rings is 1. The third-order valence-corrected chi connectivity index (χ3v) is 3.12. The first-order valence-electron chi connectivity index (χ1n) is 6.13. The number of ether oxygens (including phenoxy) is 1. The van der Waals surface area contributed by atoms with Gasteiger partial charge in [0.1, 0.15) is 11.3 Å². The average molecular weight is 322 g/mol. The average Bonchev–Trinajstić information content (AvgIpc) is 2.84. The number of hydrogen-bond acceptors (Lipinski definition) is 5. The lowest BCUT2D eigenvalue weighted by Gasteiger charge is -2.05. The molecule has 3 rings (SSSR count). The van der Waals surface area contributed by atoms with Gasteiger partial charge < -0.3 is 15.0 Å². The first-order chi connectivity index (χ1) is 10.5. The lowest BCUT2D eigenvalue weighted by molar-refractivity contribution is 0.207. The summed E-state index contributed by atoms with van der Waals surface area (Å²) in [7, 11) is 0. The van der Waals surface area contributed by atoms with Crippen molar-refractivity contribution in [3.8, 4) is 6.01 Å². The van der Waals surface area contributed by atoms with Crippen LogP contribution >= 0.6 is 11.6 Å². The molecule has 9 heteroatoms. The minimum Gasteiger partial charge on any atom is -0.374 e. The zero-order valence-corrected chi connectivity index (χ0v) is 11.8. The molecule has 7 nitrogen and oxygen atoms in total. The molecule has 1 amide bonds. The topological polar surface area (TPSA) is 95.9 Å². The fraction of sp³-hybridized carbons (Fsp3) is 0.0769. The summed E-state index contributed by atoms with van der Waals surface area (Å²) in [6, 6.07) is 5.75. The van der Waals surface area contributed by atoms with Crippen LogP contribution in [0.15, 0.2) is 30.6 Å². The zero-order chi connectivity index (χ0) is 15.7. The summed E-state index contributed by atoms with van der Waals surface area (Å²) in [5.74, 6) is -0.318. The minimum atomic E-state index is -1.04. The summed E-state index contributed by atoms with van der Waals surface area (Å²) in [6.07, 6.45) is 0.475. The summed E-state index contributed by atoms with van der Waals surface area (Å²) in [5, 5.41) is 0.0408. The molecule has 2 N–H and O–H groups in total. The Bertz CT molecular complexity index is 850. The highest BCUT2D eigenvalue weighted by Gasteiger charge is 2.14. The molecule has 1 aromatic carbocycles. The predicted molar refractivity (Wildman–Crippen MR) is 76.0 cm³/mol. The van der Waals surface area contributed by atoms with Crippen LogP contribution in [0.1, 0.15) is 5.56 Å². The number of nitrogens with two attached hydrogens (primary N) is 1. The first-order valence-corrected chi connectivity index (χ1v) is 6.51. The van der Waals surface area contributed by atoms with Gasteiger partial charge in [-0.15, -0.1) is 0 Å². The molecule has 3 aromatic rings. The third kappa shape index (κ3) is 2.82. The highest BCUT2D eigenvalue weighted by molar-refractivity contribution is 6.33. The normalized spacial score (nSPS) is 10.8. The smallest absolute Gasteiger partial charge is 0.374 e. The highest BCUT2D eigenvalue weighted by Crippen LogP contribution is 2.22. The molecule has 0 aliphatic heterocycles. The van der Waals surface area contributed by atoms with Crippen LogP contribution in [0.3, 0.4) is 0 Å². The molecule has 0 aliphatic carbocycles. The molecule has 0 radical (unpaired) electrons. The summed E-state index contributed by atoms with van der Waals surface area (Å²) < 4.78 is 19.2. The van der Waals surface area contributed by atoms with E-state index in [1.165, 1.54) is 18.5 Å². The number of hydrogen-bond donors (Lipinski definition) is 1. The van der Waals surface area contributed by atoms with E-state index in [-0.39, 0.29) is 17.0 Å². The number of fused-ring (bicyclic) bond motifs is 1. The Kier molecular flexibility index (Phi) is 3.60. The number of rotatable bonds is 3. The maximum absolute atomic E-state index is 12.9. The summed E-state index contributed by atoms with van der Waals surface area (Å²) in [4.78, 5) is 22.7.